The van der Waals surface area contributed by atoms with Crippen molar-refractivity contribution in [2.24, 2.45) is 0 Å². The van der Waals surface area contributed by atoms with Gasteiger partial charge < -0.3 is 10.1 Å². The maximum Gasteiger partial charge on any atom is 0.230 e. The van der Waals surface area contributed by atoms with Gasteiger partial charge in [0.1, 0.15) is 30.3 Å². The van der Waals surface area contributed by atoms with Gasteiger partial charge in [0.15, 0.2) is 5.82 Å². The van der Waals surface area contributed by atoms with E-state index in [0.717, 1.165) is 5.56 Å². The molecule has 1 unspecified atom stereocenters. The molecule has 0 spiro atoms. The van der Waals surface area contributed by atoms with Gasteiger partial charge in [-0.25, -0.2) is 23.0 Å². The molecule has 1 atom stereocenters. The van der Waals surface area contributed by atoms with E-state index in [1.54, 1.807) is 36.4 Å². The lowest BCUT2D eigenvalue weighted by atomic mass is 10.1. The average Bonchev–Trinajstić information content (AvgIpc) is 2.77. The molecule has 4 aromatic rings. The van der Waals surface area contributed by atoms with Gasteiger partial charge in [-0.2, -0.15) is 4.98 Å². The molecular weight excluding hydrogens is 460 g/mol. The number of hydrogen-bond acceptors (Lipinski definition) is 7. The number of nitrogens with one attached hydrogen (secondary N) is 2. The van der Waals surface area contributed by atoms with Crippen molar-refractivity contribution < 1.29 is 17.7 Å². The Labute approximate surface area is 195 Å². The van der Waals surface area contributed by atoms with E-state index >= 15 is 0 Å². The number of rotatable bonds is 8. The van der Waals surface area contributed by atoms with E-state index in [2.05, 4.69) is 20.3 Å². The first kappa shape index (κ1) is 23.2. The van der Waals surface area contributed by atoms with E-state index in [0.29, 0.717) is 16.8 Å². The number of benzene rings is 3. The summed E-state index contributed by atoms with van der Waals surface area (Å²) >= 11 is 0. The molecule has 0 saturated carbocycles. The molecule has 1 heterocycles. The first-order valence-electron chi connectivity index (χ1n) is 10.2. The van der Waals surface area contributed by atoms with Gasteiger partial charge in [-0.15, -0.1) is 0 Å². The SMILES string of the molecule is CS(=N)(=O)Cc1cccc(Nc2ncnc(-c3ccc(F)cc3OCc3cccc(F)c3)n2)c1. The molecular formula is C24H21F2N5O2S. The molecule has 0 aliphatic heterocycles. The Hall–Kier alpha value is -3.92. The number of anilines is 2. The molecule has 2 N–H and O–H groups in total. The van der Waals surface area contributed by atoms with Crippen LogP contribution in [0.4, 0.5) is 20.4 Å². The van der Waals surface area contributed by atoms with E-state index in [4.69, 9.17) is 9.52 Å². The van der Waals surface area contributed by atoms with Crippen LogP contribution in [0.3, 0.4) is 0 Å². The predicted molar refractivity (Wildman–Crippen MR) is 126 cm³/mol. The van der Waals surface area contributed by atoms with Crippen LogP contribution in [0.2, 0.25) is 0 Å². The molecule has 0 fully saturated rings. The minimum Gasteiger partial charge on any atom is -0.488 e. The predicted octanol–water partition coefficient (Wildman–Crippen LogP) is 5.32. The third-order valence-corrected chi connectivity index (χ3v) is 5.55. The van der Waals surface area contributed by atoms with Crippen LogP contribution in [0.5, 0.6) is 5.75 Å². The van der Waals surface area contributed by atoms with Crippen LogP contribution in [0.25, 0.3) is 11.4 Å². The van der Waals surface area contributed by atoms with Crippen LogP contribution in [0, 0.1) is 16.4 Å². The third-order valence-electron chi connectivity index (χ3n) is 4.66. The fourth-order valence-corrected chi connectivity index (χ4v) is 4.08. The van der Waals surface area contributed by atoms with Crippen molar-refractivity contribution in [3.05, 3.63) is 95.8 Å². The quantitative estimate of drug-likeness (QED) is 0.353. The van der Waals surface area contributed by atoms with Crippen LogP contribution in [0.1, 0.15) is 11.1 Å². The van der Waals surface area contributed by atoms with Gasteiger partial charge in [0.2, 0.25) is 5.95 Å². The molecule has 0 bridgehead atoms. The largest absolute Gasteiger partial charge is 0.488 e. The Kier molecular flexibility index (Phi) is 6.78. The van der Waals surface area contributed by atoms with Gasteiger partial charge in [0.25, 0.3) is 0 Å². The maximum atomic E-state index is 13.9. The summed E-state index contributed by atoms with van der Waals surface area (Å²) in [7, 11) is -2.68. The van der Waals surface area contributed by atoms with Crippen molar-refractivity contribution in [3.63, 3.8) is 0 Å². The van der Waals surface area contributed by atoms with Gasteiger partial charge in [-0.1, -0.05) is 24.3 Å². The number of nitrogens with zero attached hydrogens (tertiary/aromatic N) is 3. The van der Waals surface area contributed by atoms with E-state index in [9.17, 15) is 13.0 Å². The highest BCUT2D eigenvalue weighted by atomic mass is 32.2. The normalized spacial score (nSPS) is 12.7. The Morgan fingerprint density at radius 2 is 1.74 bits per heavy atom. The lowest BCUT2D eigenvalue weighted by molar-refractivity contribution is 0.305. The van der Waals surface area contributed by atoms with Crippen LogP contribution in [-0.4, -0.2) is 25.4 Å². The second-order valence-corrected chi connectivity index (χ2v) is 9.97. The van der Waals surface area contributed by atoms with Crippen LogP contribution in [0.15, 0.2) is 73.1 Å². The van der Waals surface area contributed by atoms with Crippen LogP contribution < -0.4 is 10.1 Å². The molecule has 174 valence electrons. The lowest BCUT2D eigenvalue weighted by Crippen LogP contribution is -2.03. The van der Waals surface area contributed by atoms with Crippen molar-refractivity contribution in [2.45, 2.75) is 12.4 Å². The molecule has 34 heavy (non-hydrogen) atoms. The highest BCUT2D eigenvalue weighted by Gasteiger charge is 2.13. The zero-order chi connectivity index (χ0) is 24.1. The zero-order valence-electron chi connectivity index (χ0n) is 18.2. The number of ether oxygens (including phenoxy) is 1. The monoisotopic (exact) mass is 481 g/mol. The van der Waals surface area contributed by atoms with Gasteiger partial charge in [-0.05, 0) is 47.5 Å². The molecule has 0 aliphatic rings. The molecule has 4 rings (SSSR count). The molecule has 0 amide bonds. The molecule has 0 aliphatic carbocycles. The van der Waals surface area contributed by atoms with Crippen LogP contribution in [-0.2, 0) is 22.1 Å². The summed E-state index contributed by atoms with van der Waals surface area (Å²) in [6.07, 6.45) is 2.71. The number of halogens is 2. The van der Waals surface area contributed by atoms with Crippen molar-refractivity contribution in [2.75, 3.05) is 11.6 Å². The molecule has 7 nitrogen and oxygen atoms in total. The summed E-state index contributed by atoms with van der Waals surface area (Å²) < 4.78 is 52.6. The van der Waals surface area contributed by atoms with E-state index in [1.807, 2.05) is 0 Å². The lowest BCUT2D eigenvalue weighted by Gasteiger charge is -2.12. The molecule has 0 saturated heterocycles. The Bertz CT molecular complexity index is 1430. The summed E-state index contributed by atoms with van der Waals surface area (Å²) in [6, 6.07) is 17.1. The van der Waals surface area contributed by atoms with E-state index in [1.165, 1.54) is 42.9 Å². The summed E-state index contributed by atoms with van der Waals surface area (Å²) in [5, 5.41) is 3.06. The van der Waals surface area contributed by atoms with E-state index in [-0.39, 0.29) is 35.7 Å². The number of hydrogen-bond donors (Lipinski definition) is 2. The Balaban J connectivity index is 1.57. The summed E-state index contributed by atoms with van der Waals surface area (Å²) in [5.74, 6) is -0.0502. The van der Waals surface area contributed by atoms with E-state index < -0.39 is 15.5 Å². The Morgan fingerprint density at radius 1 is 0.971 bits per heavy atom. The first-order chi connectivity index (χ1) is 16.2. The van der Waals surface area contributed by atoms with Gasteiger partial charge >= 0.3 is 0 Å². The standard InChI is InChI=1S/C24H21F2N5O2S/c1-34(27,32)14-17-5-3-7-20(11-17)30-24-29-15-28-23(31-24)21-9-8-19(26)12-22(21)33-13-16-4-2-6-18(25)10-16/h2-12,15,27H,13-14H2,1H3,(H,28,29,30,31). The maximum absolute atomic E-state index is 13.9. The third kappa shape index (κ3) is 6.32. The van der Waals surface area contributed by atoms with Gasteiger partial charge in [-0.3, -0.25) is 4.78 Å². The summed E-state index contributed by atoms with van der Waals surface area (Å²) in [6.45, 7) is 0.0355. The second kappa shape index (κ2) is 9.92. The highest BCUT2D eigenvalue weighted by molar-refractivity contribution is 7.90. The minimum absolute atomic E-state index is 0.0355. The molecule has 1 aromatic heterocycles. The average molecular weight is 482 g/mol. The number of aromatic nitrogens is 3. The fourth-order valence-electron chi connectivity index (χ4n) is 3.26. The Morgan fingerprint density at radius 3 is 2.53 bits per heavy atom. The minimum atomic E-state index is -2.68. The fraction of sp³-hybridized carbons (Fsp3) is 0.125. The highest BCUT2D eigenvalue weighted by Crippen LogP contribution is 2.30. The van der Waals surface area contributed by atoms with Crippen molar-refractivity contribution >= 4 is 21.4 Å². The van der Waals surface area contributed by atoms with Crippen molar-refractivity contribution in [1.29, 1.82) is 4.78 Å². The summed E-state index contributed by atoms with van der Waals surface area (Å²) in [4.78, 5) is 12.7. The second-order valence-electron chi connectivity index (χ2n) is 7.67. The molecule has 3 aromatic carbocycles. The zero-order valence-corrected chi connectivity index (χ0v) is 19.0. The smallest absolute Gasteiger partial charge is 0.230 e. The molecule has 0 radical (unpaired) electrons. The van der Waals surface area contributed by atoms with Gasteiger partial charge in [0, 0.05) is 27.7 Å². The van der Waals surface area contributed by atoms with Crippen LogP contribution >= 0.6 is 0 Å². The van der Waals surface area contributed by atoms with Gasteiger partial charge in [0.05, 0.1) is 11.3 Å². The summed E-state index contributed by atoms with van der Waals surface area (Å²) in [5.41, 5.74) is 2.43. The van der Waals surface area contributed by atoms with Crippen molar-refractivity contribution in [3.8, 4) is 17.1 Å². The van der Waals surface area contributed by atoms with Crippen molar-refractivity contribution in [1.82, 2.24) is 15.0 Å². The molecule has 10 heteroatoms. The first-order valence-corrected chi connectivity index (χ1v) is 12.3. The topological polar surface area (TPSA) is 101 Å².